The predicted octanol–water partition coefficient (Wildman–Crippen LogP) is 6.17. The molecule has 0 bridgehead atoms. The van der Waals surface area contributed by atoms with Crippen molar-refractivity contribution < 1.29 is 26.8 Å². The van der Waals surface area contributed by atoms with Gasteiger partial charge >= 0.3 is 0 Å². The van der Waals surface area contributed by atoms with Crippen molar-refractivity contribution in [3.63, 3.8) is 0 Å². The Kier molecular flexibility index (Phi) is 10.5. The average molecular weight is 646 g/mol. The van der Waals surface area contributed by atoms with Crippen LogP contribution in [0.4, 0.5) is 14.5 Å². The molecule has 4 aromatic carbocycles. The first kappa shape index (κ1) is 32.8. The molecule has 1 N–H and O–H groups in total. The zero-order chi connectivity index (χ0) is 32.7. The number of anilines is 1. The van der Waals surface area contributed by atoms with Crippen LogP contribution in [0.3, 0.4) is 0 Å². The molecule has 0 spiro atoms. The molecule has 7 nitrogen and oxygen atoms in total. The van der Waals surface area contributed by atoms with Crippen molar-refractivity contribution >= 4 is 27.5 Å². The van der Waals surface area contributed by atoms with Crippen LogP contribution in [-0.4, -0.2) is 43.8 Å². The van der Waals surface area contributed by atoms with E-state index in [1.807, 2.05) is 30.3 Å². The molecule has 5 rings (SSSR count). The van der Waals surface area contributed by atoms with Gasteiger partial charge in [-0.1, -0.05) is 91.2 Å². The molecule has 0 saturated heterocycles. The van der Waals surface area contributed by atoms with Crippen molar-refractivity contribution in [1.29, 1.82) is 0 Å². The molecule has 0 unspecified atom stereocenters. The maximum Gasteiger partial charge on any atom is 0.264 e. The minimum atomic E-state index is -4.46. The third kappa shape index (κ3) is 7.80. The van der Waals surface area contributed by atoms with Crippen LogP contribution >= 0.6 is 0 Å². The Hall–Kier alpha value is -4.57. The van der Waals surface area contributed by atoms with Crippen molar-refractivity contribution in [2.75, 3.05) is 10.8 Å². The Balaban J connectivity index is 1.58. The zero-order valence-electron chi connectivity index (χ0n) is 25.6. The first-order valence-electron chi connectivity index (χ1n) is 15.3. The summed E-state index contributed by atoms with van der Waals surface area (Å²) in [4.78, 5) is 29.5. The number of halogens is 2. The molecule has 0 aliphatic heterocycles. The number of amides is 2. The van der Waals surface area contributed by atoms with E-state index in [9.17, 15) is 18.0 Å². The number of para-hydroxylation sites is 1. The predicted molar refractivity (Wildman–Crippen MR) is 173 cm³/mol. The van der Waals surface area contributed by atoms with Crippen LogP contribution in [0.1, 0.15) is 42.4 Å². The van der Waals surface area contributed by atoms with Gasteiger partial charge in [0.05, 0.1) is 10.6 Å². The van der Waals surface area contributed by atoms with Gasteiger partial charge in [0.25, 0.3) is 10.0 Å². The summed E-state index contributed by atoms with van der Waals surface area (Å²) in [5.74, 6) is -2.62. The normalized spacial score (nSPS) is 14.1. The third-order valence-corrected chi connectivity index (χ3v) is 10.1. The summed E-state index contributed by atoms with van der Waals surface area (Å²) in [6.07, 6.45) is 3.66. The number of nitrogens with zero attached hydrogens (tertiary/aromatic N) is 2. The van der Waals surface area contributed by atoms with Crippen molar-refractivity contribution in [2.45, 2.75) is 62.6 Å². The Labute approximate surface area is 268 Å². The number of rotatable bonds is 12. The fraction of sp³-hybridized carbons (Fsp3) is 0.278. The SMILES string of the molecule is Cc1ccc(S(=O)(=O)N(CC(=O)N(Cc2ccccc2F)[C@H](Cc2ccccc2)C(=O)NC2CCCC2)c2ccccc2F)cc1. The number of hydrogen-bond acceptors (Lipinski definition) is 4. The molecule has 1 aliphatic carbocycles. The summed E-state index contributed by atoms with van der Waals surface area (Å²) >= 11 is 0. The smallest absolute Gasteiger partial charge is 0.264 e. The van der Waals surface area contributed by atoms with Crippen LogP contribution in [0.5, 0.6) is 0 Å². The van der Waals surface area contributed by atoms with E-state index in [-0.39, 0.29) is 35.2 Å². The highest BCUT2D eigenvalue weighted by molar-refractivity contribution is 7.92. The summed E-state index contributed by atoms with van der Waals surface area (Å²) < 4.78 is 59.1. The summed E-state index contributed by atoms with van der Waals surface area (Å²) in [6, 6.07) is 25.2. The molecule has 1 saturated carbocycles. The van der Waals surface area contributed by atoms with E-state index in [4.69, 9.17) is 0 Å². The fourth-order valence-corrected chi connectivity index (χ4v) is 7.16. The van der Waals surface area contributed by atoms with Gasteiger partial charge in [-0.2, -0.15) is 0 Å². The van der Waals surface area contributed by atoms with Crippen molar-refractivity contribution in [2.24, 2.45) is 0 Å². The monoisotopic (exact) mass is 645 g/mol. The number of nitrogens with one attached hydrogen (secondary N) is 1. The van der Waals surface area contributed by atoms with E-state index in [0.29, 0.717) is 0 Å². The Morgan fingerprint density at radius 1 is 0.826 bits per heavy atom. The second kappa shape index (κ2) is 14.7. The van der Waals surface area contributed by atoms with Gasteiger partial charge in [-0.15, -0.1) is 0 Å². The number of sulfonamides is 1. The van der Waals surface area contributed by atoms with Crippen LogP contribution in [-0.2, 0) is 32.6 Å². The maximum absolute atomic E-state index is 15.3. The number of aryl methyl sites for hydroxylation is 1. The minimum Gasteiger partial charge on any atom is -0.352 e. The number of carbonyl (C=O) groups excluding carboxylic acids is 2. The van der Waals surface area contributed by atoms with E-state index in [0.717, 1.165) is 47.2 Å². The highest BCUT2D eigenvalue weighted by Gasteiger charge is 2.36. The van der Waals surface area contributed by atoms with Gasteiger partial charge < -0.3 is 10.2 Å². The molecule has 240 valence electrons. The van der Waals surface area contributed by atoms with E-state index in [2.05, 4.69) is 5.32 Å². The molecule has 1 aliphatic rings. The minimum absolute atomic E-state index is 0.0620. The van der Waals surface area contributed by atoms with Gasteiger partial charge in [-0.05, 0) is 55.7 Å². The Bertz CT molecular complexity index is 1760. The lowest BCUT2D eigenvalue weighted by Gasteiger charge is -2.34. The fourth-order valence-electron chi connectivity index (χ4n) is 5.74. The van der Waals surface area contributed by atoms with Crippen molar-refractivity contribution in [3.05, 3.63) is 131 Å². The van der Waals surface area contributed by atoms with E-state index >= 15 is 8.78 Å². The lowest BCUT2D eigenvalue weighted by Crippen LogP contribution is -2.54. The highest BCUT2D eigenvalue weighted by Crippen LogP contribution is 2.28. The van der Waals surface area contributed by atoms with Gasteiger partial charge in [0.1, 0.15) is 24.2 Å². The standard InChI is InChI=1S/C36H37F2N3O4S/c1-26-19-21-30(22-20-26)46(44,45)41(33-18-10-9-17-32(33)38)25-35(42)40(24-28-13-5-8-16-31(28)37)34(23-27-11-3-2-4-12-27)36(43)39-29-14-6-7-15-29/h2-5,8-13,16-22,29,34H,6-7,14-15,23-25H2,1H3,(H,39,43)/t34-/m1/s1. The van der Waals surface area contributed by atoms with Gasteiger partial charge in [0.15, 0.2) is 0 Å². The van der Waals surface area contributed by atoms with Crippen LogP contribution in [0.15, 0.2) is 108 Å². The topological polar surface area (TPSA) is 86.8 Å². The van der Waals surface area contributed by atoms with Gasteiger partial charge in [-0.3, -0.25) is 13.9 Å². The molecule has 0 radical (unpaired) electrons. The largest absolute Gasteiger partial charge is 0.352 e. The lowest BCUT2D eigenvalue weighted by atomic mass is 10.0. The summed E-state index contributed by atoms with van der Waals surface area (Å²) in [5, 5.41) is 3.07. The lowest BCUT2D eigenvalue weighted by molar-refractivity contribution is -0.140. The summed E-state index contributed by atoms with van der Waals surface area (Å²) in [5.41, 5.74) is 1.41. The average Bonchev–Trinajstić information content (AvgIpc) is 3.56. The van der Waals surface area contributed by atoms with Crippen molar-refractivity contribution in [3.8, 4) is 0 Å². The van der Waals surface area contributed by atoms with Gasteiger partial charge in [0, 0.05) is 24.6 Å². The number of benzene rings is 4. The van der Waals surface area contributed by atoms with Gasteiger partial charge in [0.2, 0.25) is 11.8 Å². The molecule has 10 heteroatoms. The number of hydrogen-bond donors (Lipinski definition) is 1. The maximum atomic E-state index is 15.3. The van der Waals surface area contributed by atoms with Crippen LogP contribution in [0, 0.1) is 18.6 Å². The van der Waals surface area contributed by atoms with Crippen LogP contribution < -0.4 is 9.62 Å². The molecule has 46 heavy (non-hydrogen) atoms. The highest BCUT2D eigenvalue weighted by atomic mass is 32.2. The molecule has 4 aromatic rings. The molecule has 0 heterocycles. The van der Waals surface area contributed by atoms with E-state index in [1.54, 1.807) is 25.1 Å². The molecular weight excluding hydrogens is 608 g/mol. The first-order chi connectivity index (χ1) is 22.1. The molecule has 2 amide bonds. The van der Waals surface area contributed by atoms with E-state index < -0.39 is 46.1 Å². The quantitative estimate of drug-likeness (QED) is 0.200. The second-order valence-electron chi connectivity index (χ2n) is 11.6. The van der Waals surface area contributed by atoms with Crippen LogP contribution in [0.2, 0.25) is 0 Å². The molecule has 1 atom stereocenters. The third-order valence-electron chi connectivity index (χ3n) is 8.28. The Morgan fingerprint density at radius 3 is 2.09 bits per heavy atom. The van der Waals surface area contributed by atoms with Crippen molar-refractivity contribution in [1.82, 2.24) is 10.2 Å². The molecule has 1 fully saturated rings. The van der Waals surface area contributed by atoms with E-state index in [1.165, 1.54) is 53.4 Å². The first-order valence-corrected chi connectivity index (χ1v) is 16.8. The second-order valence-corrected chi connectivity index (χ2v) is 13.4. The number of carbonyl (C=O) groups is 2. The molecular formula is C36H37F2N3O4S. The summed E-state index contributed by atoms with van der Waals surface area (Å²) in [7, 11) is -4.46. The Morgan fingerprint density at radius 2 is 1.43 bits per heavy atom. The van der Waals surface area contributed by atoms with Crippen LogP contribution in [0.25, 0.3) is 0 Å². The molecule has 0 aromatic heterocycles. The zero-order valence-corrected chi connectivity index (χ0v) is 26.4. The van der Waals surface area contributed by atoms with Gasteiger partial charge in [-0.25, -0.2) is 17.2 Å². The summed E-state index contributed by atoms with van der Waals surface area (Å²) in [6.45, 7) is 0.670.